The van der Waals surface area contributed by atoms with Crippen molar-refractivity contribution >= 4 is 17.5 Å². The van der Waals surface area contributed by atoms with Crippen LogP contribution >= 0.6 is 11.6 Å². The lowest BCUT2D eigenvalue weighted by molar-refractivity contribution is 0.0949. The molecule has 3 aromatic rings. The molecule has 0 saturated carbocycles. The highest BCUT2D eigenvalue weighted by atomic mass is 35.5. The molecule has 1 N–H and O–H groups in total. The molecule has 3 rings (SSSR count). The fourth-order valence-corrected chi connectivity index (χ4v) is 2.66. The van der Waals surface area contributed by atoms with Gasteiger partial charge in [-0.05, 0) is 30.2 Å². The van der Waals surface area contributed by atoms with Gasteiger partial charge in [-0.15, -0.1) is 5.10 Å². The summed E-state index contributed by atoms with van der Waals surface area (Å²) in [6.45, 7) is 0.470. The molecule has 6 nitrogen and oxygen atoms in total. The van der Waals surface area contributed by atoms with Gasteiger partial charge in [0.1, 0.15) is 5.75 Å². The van der Waals surface area contributed by atoms with E-state index in [1.165, 1.54) is 4.68 Å². The molecule has 0 aliphatic rings. The Balaban J connectivity index is 1.62. The highest BCUT2D eigenvalue weighted by Crippen LogP contribution is 2.19. The number of nitrogens with one attached hydrogen (secondary N) is 1. The van der Waals surface area contributed by atoms with Crippen LogP contribution in [0.4, 0.5) is 0 Å². The Morgan fingerprint density at radius 1 is 1.20 bits per heavy atom. The summed E-state index contributed by atoms with van der Waals surface area (Å²) in [5.74, 6) is 0.523. The minimum Gasteiger partial charge on any atom is -0.496 e. The van der Waals surface area contributed by atoms with E-state index < -0.39 is 0 Å². The van der Waals surface area contributed by atoms with Gasteiger partial charge in [-0.2, -0.15) is 0 Å². The lowest BCUT2D eigenvalue weighted by atomic mass is 10.1. The predicted molar refractivity (Wildman–Crippen MR) is 95.4 cm³/mol. The SMILES string of the molecule is COc1ccccc1CCNC(=O)c1cn(-c2ccccc2Cl)nn1. The van der Waals surface area contributed by atoms with Gasteiger partial charge in [0.15, 0.2) is 5.69 Å². The fraction of sp³-hybridized carbons (Fsp3) is 0.167. The van der Waals surface area contributed by atoms with Gasteiger partial charge in [-0.1, -0.05) is 47.1 Å². The Hall–Kier alpha value is -2.86. The maximum Gasteiger partial charge on any atom is 0.273 e. The van der Waals surface area contributed by atoms with Crippen LogP contribution in [0.15, 0.2) is 54.7 Å². The van der Waals surface area contributed by atoms with E-state index in [0.29, 0.717) is 23.7 Å². The van der Waals surface area contributed by atoms with E-state index in [1.807, 2.05) is 36.4 Å². The molecule has 128 valence electrons. The van der Waals surface area contributed by atoms with Gasteiger partial charge in [0.25, 0.3) is 5.91 Å². The fourth-order valence-electron chi connectivity index (χ4n) is 2.43. The Kier molecular flexibility index (Phi) is 5.30. The lowest BCUT2D eigenvalue weighted by Gasteiger charge is -2.08. The van der Waals surface area contributed by atoms with Crippen molar-refractivity contribution < 1.29 is 9.53 Å². The van der Waals surface area contributed by atoms with E-state index in [1.54, 1.807) is 25.4 Å². The molecule has 1 amide bonds. The first kappa shape index (κ1) is 17.0. The summed E-state index contributed by atoms with van der Waals surface area (Å²) in [6, 6.07) is 14.9. The zero-order chi connectivity index (χ0) is 17.6. The quantitative estimate of drug-likeness (QED) is 0.737. The molecule has 0 atom stereocenters. The molecule has 0 fully saturated rings. The first-order chi connectivity index (χ1) is 12.2. The van der Waals surface area contributed by atoms with E-state index in [2.05, 4.69) is 15.6 Å². The average Bonchev–Trinajstić information content (AvgIpc) is 3.12. The summed E-state index contributed by atoms with van der Waals surface area (Å²) in [4.78, 5) is 12.2. The molecule has 0 radical (unpaired) electrons. The van der Waals surface area contributed by atoms with Crippen molar-refractivity contribution in [1.82, 2.24) is 20.3 Å². The minimum atomic E-state index is -0.284. The van der Waals surface area contributed by atoms with Gasteiger partial charge in [0.05, 0.1) is 24.0 Å². The van der Waals surface area contributed by atoms with E-state index in [9.17, 15) is 4.79 Å². The van der Waals surface area contributed by atoms with Gasteiger partial charge in [-0.3, -0.25) is 4.79 Å². The van der Waals surface area contributed by atoms with Crippen LogP contribution in [0.5, 0.6) is 5.75 Å². The number of nitrogens with zero attached hydrogens (tertiary/aromatic N) is 3. The van der Waals surface area contributed by atoms with Gasteiger partial charge >= 0.3 is 0 Å². The highest BCUT2D eigenvalue weighted by molar-refractivity contribution is 6.32. The van der Waals surface area contributed by atoms with Crippen molar-refractivity contribution in [2.45, 2.75) is 6.42 Å². The number of amides is 1. The molecule has 0 aliphatic heterocycles. The molecule has 1 heterocycles. The van der Waals surface area contributed by atoms with E-state index in [-0.39, 0.29) is 11.6 Å². The molecule has 0 bridgehead atoms. The maximum absolute atomic E-state index is 12.2. The second-order valence-corrected chi connectivity index (χ2v) is 5.72. The topological polar surface area (TPSA) is 69.0 Å². The van der Waals surface area contributed by atoms with Crippen LogP contribution in [-0.4, -0.2) is 34.6 Å². The third-order valence-electron chi connectivity index (χ3n) is 3.70. The predicted octanol–water partition coefficient (Wildman–Crippen LogP) is 2.90. The number of aromatic nitrogens is 3. The first-order valence-corrected chi connectivity index (χ1v) is 8.14. The number of carbonyl (C=O) groups excluding carboxylic acids is 1. The molecular formula is C18H17ClN4O2. The number of carbonyl (C=O) groups is 1. The lowest BCUT2D eigenvalue weighted by Crippen LogP contribution is -2.26. The van der Waals surface area contributed by atoms with Crippen LogP contribution in [0.1, 0.15) is 16.1 Å². The van der Waals surface area contributed by atoms with Crippen LogP contribution in [0.25, 0.3) is 5.69 Å². The zero-order valence-electron chi connectivity index (χ0n) is 13.6. The monoisotopic (exact) mass is 356 g/mol. The van der Waals surface area contributed by atoms with Gasteiger partial charge < -0.3 is 10.1 Å². The number of para-hydroxylation sites is 2. The van der Waals surface area contributed by atoms with Crippen molar-refractivity contribution in [3.8, 4) is 11.4 Å². The summed E-state index contributed by atoms with van der Waals surface area (Å²) in [5, 5.41) is 11.2. The molecule has 1 aromatic heterocycles. The van der Waals surface area contributed by atoms with E-state index >= 15 is 0 Å². The largest absolute Gasteiger partial charge is 0.496 e. The summed E-state index contributed by atoms with van der Waals surface area (Å²) < 4.78 is 6.78. The molecule has 0 spiro atoms. The average molecular weight is 357 g/mol. The van der Waals surface area contributed by atoms with Crippen LogP contribution in [0, 0.1) is 0 Å². The number of benzene rings is 2. The first-order valence-electron chi connectivity index (χ1n) is 7.76. The van der Waals surface area contributed by atoms with Crippen molar-refractivity contribution in [2.75, 3.05) is 13.7 Å². The molecule has 25 heavy (non-hydrogen) atoms. The number of halogens is 1. The number of ether oxygens (including phenoxy) is 1. The van der Waals surface area contributed by atoms with Gasteiger partial charge in [0.2, 0.25) is 0 Å². The van der Waals surface area contributed by atoms with E-state index in [4.69, 9.17) is 16.3 Å². The Morgan fingerprint density at radius 3 is 2.76 bits per heavy atom. The number of hydrogen-bond acceptors (Lipinski definition) is 4. The van der Waals surface area contributed by atoms with Crippen LogP contribution in [0.2, 0.25) is 5.02 Å². The molecule has 7 heteroatoms. The van der Waals surface area contributed by atoms with Crippen LogP contribution in [0.3, 0.4) is 0 Å². The highest BCUT2D eigenvalue weighted by Gasteiger charge is 2.12. The minimum absolute atomic E-state index is 0.236. The van der Waals surface area contributed by atoms with Crippen LogP contribution in [-0.2, 0) is 6.42 Å². The van der Waals surface area contributed by atoms with Crippen molar-refractivity contribution in [3.05, 3.63) is 71.0 Å². The van der Waals surface area contributed by atoms with Crippen molar-refractivity contribution in [3.63, 3.8) is 0 Å². The molecule has 0 saturated heterocycles. The molecule has 2 aromatic carbocycles. The molecular weight excluding hydrogens is 340 g/mol. The van der Waals surface area contributed by atoms with Gasteiger partial charge in [0, 0.05) is 6.54 Å². The summed E-state index contributed by atoms with van der Waals surface area (Å²) in [7, 11) is 1.63. The number of methoxy groups -OCH3 is 1. The van der Waals surface area contributed by atoms with E-state index in [0.717, 1.165) is 11.3 Å². The standard InChI is InChI=1S/C18H17ClN4O2/c1-25-17-9-5-2-6-13(17)10-11-20-18(24)15-12-23(22-21-15)16-8-4-3-7-14(16)19/h2-9,12H,10-11H2,1H3,(H,20,24). The summed E-state index contributed by atoms with van der Waals surface area (Å²) >= 11 is 6.13. The third-order valence-corrected chi connectivity index (χ3v) is 4.02. The molecule has 0 unspecified atom stereocenters. The van der Waals surface area contributed by atoms with Gasteiger partial charge in [-0.25, -0.2) is 4.68 Å². The zero-order valence-corrected chi connectivity index (χ0v) is 14.4. The second kappa shape index (κ2) is 7.81. The Morgan fingerprint density at radius 2 is 1.96 bits per heavy atom. The van der Waals surface area contributed by atoms with Crippen molar-refractivity contribution in [1.29, 1.82) is 0 Å². The van der Waals surface area contributed by atoms with Crippen molar-refractivity contribution in [2.24, 2.45) is 0 Å². The molecule has 0 aliphatic carbocycles. The number of rotatable bonds is 6. The summed E-state index contributed by atoms with van der Waals surface area (Å²) in [5.41, 5.74) is 1.94. The Bertz CT molecular complexity index is 879. The normalized spacial score (nSPS) is 10.5. The smallest absolute Gasteiger partial charge is 0.273 e. The van der Waals surface area contributed by atoms with Crippen LogP contribution < -0.4 is 10.1 Å². The third kappa shape index (κ3) is 3.97. The number of hydrogen-bond donors (Lipinski definition) is 1. The summed E-state index contributed by atoms with van der Waals surface area (Å²) in [6.07, 6.45) is 2.22. The Labute approximate surface area is 150 Å². The second-order valence-electron chi connectivity index (χ2n) is 5.32. The maximum atomic E-state index is 12.2.